The van der Waals surface area contributed by atoms with E-state index < -0.39 is 0 Å². The van der Waals surface area contributed by atoms with Gasteiger partial charge in [-0.05, 0) is 19.3 Å². The van der Waals surface area contributed by atoms with Gasteiger partial charge in [-0.25, -0.2) is 0 Å². The summed E-state index contributed by atoms with van der Waals surface area (Å²) in [6, 6.07) is 0.226. The lowest BCUT2D eigenvalue weighted by atomic mass is 10.0. The third-order valence-corrected chi connectivity index (χ3v) is 2.81. The zero-order chi connectivity index (χ0) is 9.80. The molecule has 2 heterocycles. The van der Waals surface area contributed by atoms with Crippen LogP contribution in [0.5, 0.6) is 0 Å². The van der Waals surface area contributed by atoms with Crippen molar-refractivity contribution in [1.82, 2.24) is 5.32 Å². The number of nitrogens with one attached hydrogen (secondary N) is 1. The van der Waals surface area contributed by atoms with Gasteiger partial charge in [0, 0.05) is 13.2 Å². The van der Waals surface area contributed by atoms with Crippen LogP contribution < -0.4 is 5.32 Å². The Hall–Kier alpha value is -0.610. The van der Waals surface area contributed by atoms with Crippen molar-refractivity contribution in [1.29, 1.82) is 0 Å². The molecule has 80 valence electrons. The summed E-state index contributed by atoms with van der Waals surface area (Å²) in [5.41, 5.74) is 0. The largest absolute Gasteiger partial charge is 0.381 e. The van der Waals surface area contributed by atoms with Crippen molar-refractivity contribution in [2.45, 2.75) is 25.3 Å². The molecule has 0 bridgehead atoms. The van der Waals surface area contributed by atoms with Gasteiger partial charge in [0.25, 0.3) is 0 Å². The molecule has 0 spiro atoms. The molecule has 2 rings (SSSR count). The molecule has 0 aromatic heterocycles. The molecule has 0 saturated carbocycles. The van der Waals surface area contributed by atoms with Gasteiger partial charge in [-0.15, -0.1) is 0 Å². The minimum Gasteiger partial charge on any atom is -0.381 e. The quantitative estimate of drug-likeness (QED) is 0.696. The maximum Gasteiger partial charge on any atom is 0.225 e. The molecular weight excluding hydrogens is 182 g/mol. The van der Waals surface area contributed by atoms with Crippen LogP contribution in [0.2, 0.25) is 0 Å². The van der Waals surface area contributed by atoms with Crippen LogP contribution in [-0.2, 0) is 14.3 Å². The molecule has 1 N–H and O–H groups in total. The SMILES string of the molecule is O=C(N[C@@H]1CCOC1)[C@H]1CCCOC1. The van der Waals surface area contributed by atoms with Gasteiger partial charge in [-0.1, -0.05) is 0 Å². The number of ether oxygens (including phenoxy) is 2. The van der Waals surface area contributed by atoms with Crippen molar-refractivity contribution in [3.63, 3.8) is 0 Å². The molecule has 2 aliphatic rings. The molecule has 2 fully saturated rings. The molecule has 2 aliphatic heterocycles. The number of amides is 1. The summed E-state index contributed by atoms with van der Waals surface area (Å²) < 4.78 is 10.5. The Morgan fingerprint density at radius 2 is 2.00 bits per heavy atom. The van der Waals surface area contributed by atoms with E-state index in [-0.39, 0.29) is 17.9 Å². The first-order valence-electron chi connectivity index (χ1n) is 5.32. The van der Waals surface area contributed by atoms with Gasteiger partial charge in [0.15, 0.2) is 0 Å². The van der Waals surface area contributed by atoms with Crippen LogP contribution in [-0.4, -0.2) is 38.4 Å². The van der Waals surface area contributed by atoms with Gasteiger partial charge < -0.3 is 14.8 Å². The van der Waals surface area contributed by atoms with E-state index in [0.717, 1.165) is 32.5 Å². The van der Waals surface area contributed by atoms with E-state index in [1.807, 2.05) is 0 Å². The molecule has 4 heteroatoms. The Labute approximate surface area is 84.0 Å². The molecule has 2 atom stereocenters. The summed E-state index contributed by atoms with van der Waals surface area (Å²) in [4.78, 5) is 11.7. The van der Waals surface area contributed by atoms with Crippen LogP contribution in [0.15, 0.2) is 0 Å². The smallest absolute Gasteiger partial charge is 0.225 e. The van der Waals surface area contributed by atoms with Crippen molar-refractivity contribution in [2.24, 2.45) is 5.92 Å². The fourth-order valence-electron chi connectivity index (χ4n) is 1.91. The highest BCUT2D eigenvalue weighted by atomic mass is 16.5. The molecule has 0 aromatic carbocycles. The second kappa shape index (κ2) is 4.75. The van der Waals surface area contributed by atoms with Crippen LogP contribution in [0.25, 0.3) is 0 Å². The Morgan fingerprint density at radius 3 is 2.64 bits per heavy atom. The van der Waals surface area contributed by atoms with E-state index in [9.17, 15) is 4.79 Å². The van der Waals surface area contributed by atoms with Crippen LogP contribution in [0.4, 0.5) is 0 Å². The molecule has 0 radical (unpaired) electrons. The van der Waals surface area contributed by atoms with Crippen molar-refractivity contribution in [3.8, 4) is 0 Å². The topological polar surface area (TPSA) is 47.6 Å². The third-order valence-electron chi connectivity index (χ3n) is 2.81. The second-order valence-electron chi connectivity index (χ2n) is 3.98. The highest BCUT2D eigenvalue weighted by Crippen LogP contribution is 2.14. The first-order chi connectivity index (χ1) is 6.86. The number of hydrogen-bond donors (Lipinski definition) is 1. The Balaban J connectivity index is 1.75. The molecule has 1 amide bonds. The summed E-state index contributed by atoms with van der Waals surface area (Å²) in [6.07, 6.45) is 2.90. The average molecular weight is 199 g/mol. The van der Waals surface area contributed by atoms with Crippen LogP contribution >= 0.6 is 0 Å². The minimum atomic E-state index is 0.0596. The lowest BCUT2D eigenvalue weighted by molar-refractivity contribution is -0.129. The zero-order valence-corrected chi connectivity index (χ0v) is 8.33. The molecule has 4 nitrogen and oxygen atoms in total. The van der Waals surface area contributed by atoms with Gasteiger partial charge in [-0.2, -0.15) is 0 Å². The lowest BCUT2D eigenvalue weighted by Crippen LogP contribution is -2.41. The third kappa shape index (κ3) is 2.45. The standard InChI is InChI=1S/C10H17NO3/c12-10(8-2-1-4-13-6-8)11-9-3-5-14-7-9/h8-9H,1-7H2,(H,11,12)/t8-,9+/m0/s1. The Kier molecular flexibility index (Phi) is 3.37. The summed E-state index contributed by atoms with van der Waals surface area (Å²) in [6.45, 7) is 2.82. The fourth-order valence-corrected chi connectivity index (χ4v) is 1.91. The normalized spacial score (nSPS) is 32.9. The monoisotopic (exact) mass is 199 g/mol. The van der Waals surface area contributed by atoms with Gasteiger partial charge in [0.05, 0.1) is 25.2 Å². The highest BCUT2D eigenvalue weighted by Gasteiger charge is 2.25. The lowest BCUT2D eigenvalue weighted by Gasteiger charge is -2.22. The van der Waals surface area contributed by atoms with Crippen molar-refractivity contribution in [3.05, 3.63) is 0 Å². The van der Waals surface area contributed by atoms with E-state index in [1.165, 1.54) is 0 Å². The minimum absolute atomic E-state index is 0.0596. The maximum absolute atomic E-state index is 11.7. The van der Waals surface area contributed by atoms with Crippen LogP contribution in [0.1, 0.15) is 19.3 Å². The Morgan fingerprint density at radius 1 is 1.14 bits per heavy atom. The van der Waals surface area contributed by atoms with Crippen LogP contribution in [0, 0.1) is 5.92 Å². The maximum atomic E-state index is 11.7. The molecule has 0 aromatic rings. The van der Waals surface area contributed by atoms with Crippen molar-refractivity contribution in [2.75, 3.05) is 26.4 Å². The van der Waals surface area contributed by atoms with E-state index in [1.54, 1.807) is 0 Å². The molecule has 0 aliphatic carbocycles. The fraction of sp³-hybridized carbons (Fsp3) is 0.900. The molecule has 2 saturated heterocycles. The predicted molar refractivity (Wildman–Crippen MR) is 50.9 cm³/mol. The first-order valence-corrected chi connectivity index (χ1v) is 5.32. The van der Waals surface area contributed by atoms with Crippen molar-refractivity contribution >= 4 is 5.91 Å². The predicted octanol–water partition coefficient (Wildman–Crippen LogP) is 0.318. The van der Waals surface area contributed by atoms with E-state index in [2.05, 4.69) is 5.32 Å². The van der Waals surface area contributed by atoms with Gasteiger partial charge in [0.1, 0.15) is 0 Å². The van der Waals surface area contributed by atoms with Crippen molar-refractivity contribution < 1.29 is 14.3 Å². The molecule has 14 heavy (non-hydrogen) atoms. The van der Waals surface area contributed by atoms with Gasteiger partial charge in [-0.3, -0.25) is 4.79 Å². The Bertz CT molecular complexity index is 196. The van der Waals surface area contributed by atoms with Gasteiger partial charge in [0.2, 0.25) is 5.91 Å². The summed E-state index contributed by atoms with van der Waals surface area (Å²) in [7, 11) is 0. The molecule has 0 unspecified atom stereocenters. The number of carbonyl (C=O) groups excluding carboxylic acids is 1. The van der Waals surface area contributed by atoms with Crippen LogP contribution in [0.3, 0.4) is 0 Å². The van der Waals surface area contributed by atoms with E-state index in [4.69, 9.17) is 9.47 Å². The number of carbonyl (C=O) groups is 1. The zero-order valence-electron chi connectivity index (χ0n) is 8.33. The van der Waals surface area contributed by atoms with Gasteiger partial charge >= 0.3 is 0 Å². The first kappa shape index (κ1) is 9.93. The van der Waals surface area contributed by atoms with E-state index in [0.29, 0.717) is 13.2 Å². The highest BCUT2D eigenvalue weighted by molar-refractivity contribution is 5.79. The second-order valence-corrected chi connectivity index (χ2v) is 3.98. The molecular formula is C10H17NO3. The summed E-state index contributed by atoms with van der Waals surface area (Å²) in [5, 5.41) is 3.00. The summed E-state index contributed by atoms with van der Waals surface area (Å²) in [5.74, 6) is 0.199. The van der Waals surface area contributed by atoms with E-state index >= 15 is 0 Å². The average Bonchev–Trinajstić information content (AvgIpc) is 2.72. The summed E-state index contributed by atoms with van der Waals surface area (Å²) >= 11 is 0. The number of rotatable bonds is 2. The number of hydrogen-bond acceptors (Lipinski definition) is 3.